The highest BCUT2D eigenvalue weighted by atomic mass is 15.1. The summed E-state index contributed by atoms with van der Waals surface area (Å²) in [6.07, 6.45) is 7.17. The molecule has 0 atom stereocenters. The van der Waals surface area contributed by atoms with Gasteiger partial charge in [0.2, 0.25) is 0 Å². The van der Waals surface area contributed by atoms with Crippen molar-refractivity contribution in [2.75, 3.05) is 18.5 Å². The van der Waals surface area contributed by atoms with Gasteiger partial charge < -0.3 is 4.90 Å². The fraction of sp³-hybridized carbons (Fsp3) is 0.647. The average molecular weight is 245 g/mol. The van der Waals surface area contributed by atoms with Crippen LogP contribution < -0.4 is 4.90 Å². The highest BCUT2D eigenvalue weighted by Crippen LogP contribution is 2.30. The first-order valence-corrected chi connectivity index (χ1v) is 7.48. The van der Waals surface area contributed by atoms with E-state index in [2.05, 4.69) is 50.1 Å². The summed E-state index contributed by atoms with van der Waals surface area (Å²) < 4.78 is 0. The predicted octanol–water partition coefficient (Wildman–Crippen LogP) is 4.83. The van der Waals surface area contributed by atoms with E-state index in [0.717, 1.165) is 5.92 Å². The lowest BCUT2D eigenvalue weighted by Crippen LogP contribution is -2.27. The van der Waals surface area contributed by atoms with Crippen molar-refractivity contribution in [2.24, 2.45) is 5.92 Å². The third kappa shape index (κ3) is 3.28. The summed E-state index contributed by atoms with van der Waals surface area (Å²) in [5, 5.41) is 0. The minimum absolute atomic E-state index is 0.606. The van der Waals surface area contributed by atoms with E-state index in [0.29, 0.717) is 5.92 Å². The predicted molar refractivity (Wildman–Crippen MR) is 80.4 cm³/mol. The van der Waals surface area contributed by atoms with Gasteiger partial charge in [0.05, 0.1) is 0 Å². The molecule has 0 heterocycles. The van der Waals surface area contributed by atoms with Crippen LogP contribution in [0.15, 0.2) is 24.3 Å². The lowest BCUT2D eigenvalue weighted by molar-refractivity contribution is 0.362. The van der Waals surface area contributed by atoms with Crippen molar-refractivity contribution in [2.45, 2.75) is 51.9 Å². The van der Waals surface area contributed by atoms with Gasteiger partial charge in [0, 0.05) is 19.3 Å². The van der Waals surface area contributed by atoms with Crippen molar-refractivity contribution in [3.8, 4) is 0 Å². The van der Waals surface area contributed by atoms with E-state index in [-0.39, 0.29) is 0 Å². The zero-order valence-corrected chi connectivity index (χ0v) is 12.2. The molecule has 0 aliphatic heterocycles. The van der Waals surface area contributed by atoms with Crippen molar-refractivity contribution >= 4 is 5.69 Å². The molecule has 0 amide bonds. The summed E-state index contributed by atoms with van der Waals surface area (Å²) in [5.41, 5.74) is 2.91. The van der Waals surface area contributed by atoms with Crippen LogP contribution in [0.4, 0.5) is 5.69 Å². The first-order valence-electron chi connectivity index (χ1n) is 7.48. The lowest BCUT2D eigenvalue weighted by Gasteiger charge is -2.30. The zero-order chi connectivity index (χ0) is 13.0. The summed E-state index contributed by atoms with van der Waals surface area (Å²) in [7, 11) is 2.26. The van der Waals surface area contributed by atoms with E-state index < -0.39 is 0 Å². The minimum atomic E-state index is 0.606. The molecule has 100 valence electrons. The summed E-state index contributed by atoms with van der Waals surface area (Å²) >= 11 is 0. The molecule has 18 heavy (non-hydrogen) atoms. The highest BCUT2D eigenvalue weighted by molar-refractivity contribution is 5.54. The van der Waals surface area contributed by atoms with Crippen LogP contribution in [0.3, 0.4) is 0 Å². The molecule has 0 radical (unpaired) electrons. The Morgan fingerprint density at radius 3 is 2.44 bits per heavy atom. The third-order valence-electron chi connectivity index (χ3n) is 4.23. The lowest BCUT2D eigenvalue weighted by atomic mass is 9.88. The molecular formula is C17H27N. The molecule has 0 bridgehead atoms. The number of benzene rings is 1. The monoisotopic (exact) mass is 245 g/mol. The van der Waals surface area contributed by atoms with Crippen LogP contribution >= 0.6 is 0 Å². The molecule has 0 saturated heterocycles. The summed E-state index contributed by atoms with van der Waals surface area (Å²) in [6.45, 7) is 5.80. The number of para-hydroxylation sites is 1. The number of rotatable bonds is 4. The van der Waals surface area contributed by atoms with Gasteiger partial charge in [-0.25, -0.2) is 0 Å². The van der Waals surface area contributed by atoms with Gasteiger partial charge in [-0.1, -0.05) is 51.3 Å². The molecule has 1 heteroatoms. The van der Waals surface area contributed by atoms with E-state index in [9.17, 15) is 0 Å². The minimum Gasteiger partial charge on any atom is -0.374 e. The third-order valence-corrected chi connectivity index (χ3v) is 4.23. The number of anilines is 1. The van der Waals surface area contributed by atoms with Gasteiger partial charge in [-0.15, -0.1) is 0 Å². The largest absolute Gasteiger partial charge is 0.374 e. The number of nitrogens with zero attached hydrogens (tertiary/aromatic N) is 1. The molecule has 0 spiro atoms. The molecule has 1 aromatic carbocycles. The Balaban J connectivity index is 2.05. The van der Waals surface area contributed by atoms with Gasteiger partial charge in [0.25, 0.3) is 0 Å². The second-order valence-electron chi connectivity index (χ2n) is 6.10. The summed E-state index contributed by atoms with van der Waals surface area (Å²) in [5.74, 6) is 1.51. The smallest absolute Gasteiger partial charge is 0.0398 e. The Hall–Kier alpha value is -0.980. The van der Waals surface area contributed by atoms with Crippen molar-refractivity contribution in [1.82, 2.24) is 0 Å². The SMILES string of the molecule is CC(C)c1ccccc1N(C)CC1CCCCC1. The summed E-state index contributed by atoms with van der Waals surface area (Å²) in [4.78, 5) is 2.48. The molecule has 0 unspecified atom stereocenters. The zero-order valence-electron chi connectivity index (χ0n) is 12.2. The molecule has 1 fully saturated rings. The van der Waals surface area contributed by atoms with E-state index in [1.165, 1.54) is 49.9 Å². The Morgan fingerprint density at radius 2 is 1.78 bits per heavy atom. The van der Waals surface area contributed by atoms with Crippen LogP contribution in [-0.4, -0.2) is 13.6 Å². The van der Waals surface area contributed by atoms with Gasteiger partial charge >= 0.3 is 0 Å². The molecule has 1 aliphatic rings. The quantitative estimate of drug-likeness (QED) is 0.734. The van der Waals surface area contributed by atoms with Gasteiger partial charge in [0.1, 0.15) is 0 Å². The van der Waals surface area contributed by atoms with Crippen LogP contribution in [0.5, 0.6) is 0 Å². The van der Waals surface area contributed by atoms with E-state index in [1.54, 1.807) is 0 Å². The van der Waals surface area contributed by atoms with Crippen LogP contribution in [0.1, 0.15) is 57.4 Å². The highest BCUT2D eigenvalue weighted by Gasteiger charge is 2.17. The van der Waals surface area contributed by atoms with Crippen molar-refractivity contribution in [3.05, 3.63) is 29.8 Å². The van der Waals surface area contributed by atoms with Crippen LogP contribution in [-0.2, 0) is 0 Å². The first-order chi connectivity index (χ1) is 8.68. The Labute approximate surface area is 112 Å². The van der Waals surface area contributed by atoms with E-state index >= 15 is 0 Å². The van der Waals surface area contributed by atoms with Crippen LogP contribution in [0.25, 0.3) is 0 Å². The molecule has 1 aliphatic carbocycles. The van der Waals surface area contributed by atoms with Crippen molar-refractivity contribution in [3.63, 3.8) is 0 Å². The molecule has 1 saturated carbocycles. The maximum Gasteiger partial charge on any atom is 0.0398 e. The second kappa shape index (κ2) is 6.26. The van der Waals surface area contributed by atoms with Crippen molar-refractivity contribution < 1.29 is 0 Å². The van der Waals surface area contributed by atoms with E-state index in [1.807, 2.05) is 0 Å². The molecule has 1 nitrogen and oxygen atoms in total. The van der Waals surface area contributed by atoms with Crippen molar-refractivity contribution in [1.29, 1.82) is 0 Å². The van der Waals surface area contributed by atoms with Crippen LogP contribution in [0, 0.1) is 5.92 Å². The van der Waals surface area contributed by atoms with Crippen LogP contribution in [0.2, 0.25) is 0 Å². The molecule has 2 rings (SSSR count). The fourth-order valence-electron chi connectivity index (χ4n) is 3.18. The molecule has 0 aromatic heterocycles. The fourth-order valence-corrected chi connectivity index (χ4v) is 3.18. The first kappa shape index (κ1) is 13.5. The van der Waals surface area contributed by atoms with Gasteiger partial charge in [-0.2, -0.15) is 0 Å². The number of hydrogen-bond acceptors (Lipinski definition) is 1. The Bertz CT molecular complexity index is 364. The average Bonchev–Trinajstić information content (AvgIpc) is 2.40. The normalized spacial score (nSPS) is 17.1. The molecule has 1 aromatic rings. The van der Waals surface area contributed by atoms with Gasteiger partial charge in [-0.05, 0) is 36.3 Å². The van der Waals surface area contributed by atoms with Gasteiger partial charge in [-0.3, -0.25) is 0 Å². The molecule has 0 N–H and O–H groups in total. The number of hydrogen-bond donors (Lipinski definition) is 0. The standard InChI is InChI=1S/C17H27N/c1-14(2)16-11-7-8-12-17(16)18(3)13-15-9-5-4-6-10-15/h7-8,11-12,14-15H,4-6,9-10,13H2,1-3H3. The second-order valence-corrected chi connectivity index (χ2v) is 6.10. The maximum absolute atomic E-state index is 2.48. The summed E-state index contributed by atoms with van der Waals surface area (Å²) in [6, 6.07) is 8.88. The maximum atomic E-state index is 2.48. The van der Waals surface area contributed by atoms with E-state index in [4.69, 9.17) is 0 Å². The topological polar surface area (TPSA) is 3.24 Å². The Kier molecular flexibility index (Phi) is 4.68. The molecular weight excluding hydrogens is 218 g/mol. The van der Waals surface area contributed by atoms with Gasteiger partial charge in [0.15, 0.2) is 0 Å². The Morgan fingerprint density at radius 1 is 1.11 bits per heavy atom.